The molecule has 6 heteroatoms. The number of carbonyl (C=O) groups is 1. The fourth-order valence-corrected chi connectivity index (χ4v) is 8.12. The van der Waals surface area contributed by atoms with Gasteiger partial charge in [-0.05, 0) is 104 Å². The van der Waals surface area contributed by atoms with Crippen molar-refractivity contribution in [1.29, 1.82) is 0 Å². The highest BCUT2D eigenvalue weighted by molar-refractivity contribution is 6.74. The van der Waals surface area contributed by atoms with Gasteiger partial charge in [0.15, 0.2) is 5.69 Å². The Morgan fingerprint density at radius 1 is 1.22 bits per heavy atom. The van der Waals surface area contributed by atoms with E-state index in [2.05, 4.69) is 70.0 Å². The maximum atomic E-state index is 12.6. The minimum Gasteiger partial charge on any atom is -0.543 e. The van der Waals surface area contributed by atoms with Crippen LogP contribution in [0.15, 0.2) is 12.1 Å². The monoisotopic (exact) mass is 508 g/mol. The van der Waals surface area contributed by atoms with Crippen LogP contribution in [-0.2, 0) is 29.4 Å². The third-order valence-corrected chi connectivity index (χ3v) is 14.5. The Bertz CT molecular complexity index is 1180. The van der Waals surface area contributed by atoms with Gasteiger partial charge in [-0.25, -0.2) is 4.79 Å². The highest BCUT2D eigenvalue weighted by atomic mass is 28.4. The fraction of sp³-hybridized carbons (Fsp3) is 0.667. The molecule has 1 heterocycles. The summed E-state index contributed by atoms with van der Waals surface area (Å²) in [5.41, 5.74) is 7.29. The van der Waals surface area contributed by atoms with Gasteiger partial charge in [0.1, 0.15) is 5.75 Å². The van der Waals surface area contributed by atoms with Crippen molar-refractivity contribution in [3.8, 4) is 5.75 Å². The van der Waals surface area contributed by atoms with Gasteiger partial charge in [-0.3, -0.25) is 5.10 Å². The third-order valence-electron chi connectivity index (χ3n) is 10.2. The summed E-state index contributed by atoms with van der Waals surface area (Å²) in [5.74, 6) is 2.59. The molecule has 0 bridgehead atoms. The second-order valence-corrected chi connectivity index (χ2v) is 17.8. The lowest BCUT2D eigenvalue weighted by atomic mass is 9.55. The summed E-state index contributed by atoms with van der Waals surface area (Å²) in [7, 11) is -1.90. The smallest absolute Gasteiger partial charge is 0.359 e. The molecule has 3 aliphatic rings. The van der Waals surface area contributed by atoms with E-state index in [4.69, 9.17) is 9.16 Å². The van der Waals surface area contributed by atoms with Crippen LogP contribution in [0.4, 0.5) is 0 Å². The molecule has 5 nitrogen and oxygen atoms in total. The molecule has 36 heavy (non-hydrogen) atoms. The average Bonchev–Trinajstić information content (AvgIpc) is 3.35. The molecule has 4 atom stereocenters. The molecule has 5 rings (SSSR count). The molecule has 0 aliphatic heterocycles. The third kappa shape index (κ3) is 3.86. The van der Waals surface area contributed by atoms with Crippen LogP contribution in [0.3, 0.4) is 0 Å². The topological polar surface area (TPSA) is 64.2 Å². The summed E-state index contributed by atoms with van der Waals surface area (Å²) in [5, 5.41) is 7.86. The van der Waals surface area contributed by atoms with Crippen molar-refractivity contribution in [2.45, 2.75) is 110 Å². The van der Waals surface area contributed by atoms with Crippen LogP contribution in [0.1, 0.15) is 105 Å². The molecule has 1 aromatic heterocycles. The first-order chi connectivity index (χ1) is 16.9. The molecule has 1 fully saturated rings. The second kappa shape index (κ2) is 8.75. The van der Waals surface area contributed by atoms with E-state index in [1.165, 1.54) is 29.7 Å². The molecule has 0 radical (unpaired) electrons. The molecule has 0 amide bonds. The molecule has 1 aromatic carbocycles. The Morgan fingerprint density at radius 2 is 1.97 bits per heavy atom. The lowest BCUT2D eigenvalue weighted by Crippen LogP contribution is -2.44. The van der Waals surface area contributed by atoms with E-state index in [-0.39, 0.29) is 16.4 Å². The van der Waals surface area contributed by atoms with Crippen LogP contribution in [0.5, 0.6) is 5.75 Å². The number of aromatic nitrogens is 2. The molecule has 2 aromatic rings. The zero-order chi connectivity index (χ0) is 26.0. The SMILES string of the molecule is CCOC(=O)c1n[nH]c2c1CC1C3CCc4cc(O[Si](C)(C)C(C)(C)C)c(CC)cc4C3CCC21C. The van der Waals surface area contributed by atoms with E-state index in [0.29, 0.717) is 30.1 Å². The summed E-state index contributed by atoms with van der Waals surface area (Å²) in [6.07, 6.45) is 6.55. The Labute approximate surface area is 217 Å². The first kappa shape index (κ1) is 25.6. The Balaban J connectivity index is 1.46. The van der Waals surface area contributed by atoms with Crippen molar-refractivity contribution in [1.82, 2.24) is 10.2 Å². The van der Waals surface area contributed by atoms with Crippen LogP contribution in [0.2, 0.25) is 18.1 Å². The van der Waals surface area contributed by atoms with Gasteiger partial charge in [-0.2, -0.15) is 5.10 Å². The molecule has 0 spiro atoms. The minimum absolute atomic E-state index is 0.0602. The number of aryl methyl sites for hydroxylation is 2. The van der Waals surface area contributed by atoms with Crippen molar-refractivity contribution in [2.24, 2.45) is 11.8 Å². The van der Waals surface area contributed by atoms with Crippen molar-refractivity contribution < 1.29 is 14.0 Å². The molecular formula is C30H44N2O3Si. The number of benzene rings is 1. The number of aromatic amines is 1. The number of nitrogens with one attached hydrogen (secondary N) is 1. The van der Waals surface area contributed by atoms with Crippen LogP contribution in [-0.4, -0.2) is 31.1 Å². The highest BCUT2D eigenvalue weighted by Gasteiger charge is 2.55. The molecule has 1 saturated carbocycles. The van der Waals surface area contributed by atoms with Crippen LogP contribution in [0.25, 0.3) is 0 Å². The lowest BCUT2D eigenvalue weighted by Gasteiger charge is -2.49. The molecule has 1 N–H and O–H groups in total. The van der Waals surface area contributed by atoms with Gasteiger partial charge in [0, 0.05) is 16.7 Å². The molecule has 3 aliphatic carbocycles. The maximum absolute atomic E-state index is 12.6. The van der Waals surface area contributed by atoms with E-state index < -0.39 is 8.32 Å². The summed E-state index contributed by atoms with van der Waals surface area (Å²) in [4.78, 5) is 12.6. The summed E-state index contributed by atoms with van der Waals surface area (Å²) < 4.78 is 12.2. The zero-order valence-electron chi connectivity index (χ0n) is 23.5. The number of fused-ring (bicyclic) bond motifs is 7. The Morgan fingerprint density at radius 3 is 2.64 bits per heavy atom. The van der Waals surface area contributed by atoms with Gasteiger partial charge in [-0.15, -0.1) is 0 Å². The summed E-state index contributed by atoms with van der Waals surface area (Å²) >= 11 is 0. The normalized spacial score (nSPS) is 27.1. The lowest BCUT2D eigenvalue weighted by molar-refractivity contribution is 0.0516. The number of carbonyl (C=O) groups excluding carboxylic acids is 1. The summed E-state index contributed by atoms with van der Waals surface area (Å²) in [6.45, 7) is 18.5. The Hall–Kier alpha value is -2.08. The molecule has 4 unspecified atom stereocenters. The first-order valence-corrected chi connectivity index (χ1v) is 16.9. The number of nitrogens with zero attached hydrogens (tertiary/aromatic N) is 1. The molecular weight excluding hydrogens is 464 g/mol. The van der Waals surface area contributed by atoms with Gasteiger partial charge >= 0.3 is 5.97 Å². The van der Waals surface area contributed by atoms with E-state index in [0.717, 1.165) is 37.0 Å². The zero-order valence-corrected chi connectivity index (χ0v) is 24.5. The predicted octanol–water partition coefficient (Wildman–Crippen LogP) is 7.10. The fourth-order valence-electron chi connectivity index (χ4n) is 7.08. The maximum Gasteiger partial charge on any atom is 0.359 e. The van der Waals surface area contributed by atoms with Crippen molar-refractivity contribution >= 4 is 14.3 Å². The minimum atomic E-state index is -1.90. The van der Waals surface area contributed by atoms with E-state index in [1.54, 1.807) is 5.56 Å². The van der Waals surface area contributed by atoms with Crippen LogP contribution in [0, 0.1) is 11.8 Å². The van der Waals surface area contributed by atoms with Gasteiger partial charge in [0.05, 0.1) is 6.61 Å². The first-order valence-electron chi connectivity index (χ1n) is 14.0. The second-order valence-electron chi connectivity index (χ2n) is 13.1. The number of hydrogen-bond acceptors (Lipinski definition) is 4. The largest absolute Gasteiger partial charge is 0.543 e. The highest BCUT2D eigenvalue weighted by Crippen LogP contribution is 2.60. The average molecular weight is 509 g/mol. The predicted molar refractivity (Wildman–Crippen MR) is 147 cm³/mol. The van der Waals surface area contributed by atoms with Gasteiger partial charge in [-0.1, -0.05) is 40.7 Å². The van der Waals surface area contributed by atoms with Gasteiger partial charge < -0.3 is 9.16 Å². The Kier molecular flexibility index (Phi) is 6.21. The number of ether oxygens (including phenoxy) is 1. The quantitative estimate of drug-likeness (QED) is 0.345. The van der Waals surface area contributed by atoms with Crippen LogP contribution < -0.4 is 4.43 Å². The summed E-state index contributed by atoms with van der Waals surface area (Å²) in [6, 6.07) is 4.90. The number of esters is 1. The number of hydrogen-bond donors (Lipinski definition) is 1. The van der Waals surface area contributed by atoms with E-state index >= 15 is 0 Å². The van der Waals surface area contributed by atoms with Gasteiger partial charge in [0.25, 0.3) is 0 Å². The molecule has 0 saturated heterocycles. The number of H-pyrrole nitrogens is 1. The van der Waals surface area contributed by atoms with Crippen LogP contribution >= 0.6 is 0 Å². The van der Waals surface area contributed by atoms with Crippen molar-refractivity contribution in [2.75, 3.05) is 6.61 Å². The molecule has 196 valence electrons. The van der Waals surface area contributed by atoms with E-state index in [9.17, 15) is 4.79 Å². The standard InChI is InChI=1S/C30H44N2O3Si/c1-9-18-15-22-19(16-25(18)35-36(7,8)29(3,4)5)11-12-21-20(22)13-14-30(6)24(21)17-23-26(28(33)34-10-2)31-32-27(23)30/h15-16,20-21,24H,9-14,17H2,1-8H3,(H,31,32). The van der Waals surface area contributed by atoms with Crippen molar-refractivity contribution in [3.05, 3.63) is 45.8 Å². The number of rotatable bonds is 5. The van der Waals surface area contributed by atoms with Crippen molar-refractivity contribution in [3.63, 3.8) is 0 Å². The van der Waals surface area contributed by atoms with Gasteiger partial charge in [0.2, 0.25) is 8.32 Å². The van der Waals surface area contributed by atoms with E-state index in [1.807, 2.05) is 6.92 Å².